The fraction of sp³-hybridized carbons (Fsp3) is 0.350. The summed E-state index contributed by atoms with van der Waals surface area (Å²) in [5.41, 5.74) is 1.98. The molecular formula is C20H21N5O3. The van der Waals surface area contributed by atoms with Crippen LogP contribution in [0, 0.1) is 12.8 Å². The van der Waals surface area contributed by atoms with Crippen LogP contribution in [0.3, 0.4) is 0 Å². The van der Waals surface area contributed by atoms with Crippen LogP contribution in [0.25, 0.3) is 11.4 Å². The predicted molar refractivity (Wildman–Crippen MR) is 102 cm³/mol. The Morgan fingerprint density at radius 2 is 2.14 bits per heavy atom. The van der Waals surface area contributed by atoms with Crippen LogP contribution in [0.5, 0.6) is 0 Å². The van der Waals surface area contributed by atoms with Crippen molar-refractivity contribution in [3.8, 4) is 11.4 Å². The molecule has 144 valence electrons. The lowest BCUT2D eigenvalue weighted by Gasteiger charge is -2.31. The zero-order chi connectivity index (χ0) is 19.5. The van der Waals surface area contributed by atoms with Crippen molar-refractivity contribution in [2.75, 3.05) is 13.1 Å². The summed E-state index contributed by atoms with van der Waals surface area (Å²) in [6.07, 6.45) is 2.52. The van der Waals surface area contributed by atoms with E-state index >= 15 is 0 Å². The van der Waals surface area contributed by atoms with Crippen molar-refractivity contribution < 1.29 is 9.32 Å². The number of carbonyl (C=O) groups is 1. The zero-order valence-electron chi connectivity index (χ0n) is 15.6. The summed E-state index contributed by atoms with van der Waals surface area (Å²) in [4.78, 5) is 30.1. The molecule has 1 saturated heterocycles. The summed E-state index contributed by atoms with van der Waals surface area (Å²) in [6, 6.07) is 10.7. The first-order valence-electron chi connectivity index (χ1n) is 9.34. The molecular weight excluding hydrogens is 358 g/mol. The number of amides is 1. The lowest BCUT2D eigenvalue weighted by Crippen LogP contribution is -2.41. The molecule has 0 aliphatic carbocycles. The van der Waals surface area contributed by atoms with Gasteiger partial charge in [0.2, 0.25) is 11.7 Å². The average Bonchev–Trinajstić information content (AvgIpc) is 3.17. The van der Waals surface area contributed by atoms with E-state index in [0.29, 0.717) is 31.2 Å². The van der Waals surface area contributed by atoms with Gasteiger partial charge < -0.3 is 9.42 Å². The number of piperidine rings is 1. The van der Waals surface area contributed by atoms with Gasteiger partial charge in [-0.05, 0) is 37.3 Å². The van der Waals surface area contributed by atoms with Gasteiger partial charge in [-0.2, -0.15) is 10.1 Å². The van der Waals surface area contributed by atoms with Crippen molar-refractivity contribution in [1.82, 2.24) is 25.2 Å². The van der Waals surface area contributed by atoms with Gasteiger partial charge in [-0.1, -0.05) is 29.4 Å². The summed E-state index contributed by atoms with van der Waals surface area (Å²) in [5, 5.41) is 10.3. The monoisotopic (exact) mass is 379 g/mol. The standard InChI is InChI=1S/C20H21N5O3/c1-13-5-2-3-7-15(13)19-21-18(28-24-19)11-14-6-4-10-25(12-14)20(27)16-8-9-17(26)23-22-16/h2-3,5,7-9,14H,4,6,10-12H2,1H3,(H,23,26). The summed E-state index contributed by atoms with van der Waals surface area (Å²) in [5.74, 6) is 1.24. The quantitative estimate of drug-likeness (QED) is 0.745. The molecule has 2 aromatic heterocycles. The van der Waals surface area contributed by atoms with Crippen LogP contribution in [0.4, 0.5) is 0 Å². The smallest absolute Gasteiger partial charge is 0.274 e. The number of carbonyl (C=O) groups excluding carboxylic acids is 1. The topological polar surface area (TPSA) is 105 Å². The molecule has 1 amide bonds. The molecule has 8 heteroatoms. The summed E-state index contributed by atoms with van der Waals surface area (Å²) < 4.78 is 5.45. The number of benzene rings is 1. The molecule has 1 unspecified atom stereocenters. The lowest BCUT2D eigenvalue weighted by molar-refractivity contribution is 0.0661. The predicted octanol–water partition coefficient (Wildman–Crippen LogP) is 2.22. The van der Waals surface area contributed by atoms with Gasteiger partial charge >= 0.3 is 0 Å². The van der Waals surface area contributed by atoms with Crippen molar-refractivity contribution in [1.29, 1.82) is 0 Å². The number of nitrogens with one attached hydrogen (secondary N) is 1. The van der Waals surface area contributed by atoms with E-state index in [-0.39, 0.29) is 23.1 Å². The Hall–Kier alpha value is -3.29. The number of aromatic nitrogens is 4. The first-order chi connectivity index (χ1) is 13.6. The molecule has 28 heavy (non-hydrogen) atoms. The van der Waals surface area contributed by atoms with Crippen LogP contribution < -0.4 is 5.56 Å². The fourth-order valence-corrected chi connectivity index (χ4v) is 3.56. The van der Waals surface area contributed by atoms with Crippen molar-refractivity contribution in [3.05, 3.63) is 63.9 Å². The van der Waals surface area contributed by atoms with Gasteiger partial charge in [0, 0.05) is 31.1 Å². The van der Waals surface area contributed by atoms with E-state index in [9.17, 15) is 9.59 Å². The fourth-order valence-electron chi connectivity index (χ4n) is 3.56. The highest BCUT2D eigenvalue weighted by atomic mass is 16.5. The zero-order valence-corrected chi connectivity index (χ0v) is 15.6. The summed E-state index contributed by atoms with van der Waals surface area (Å²) >= 11 is 0. The van der Waals surface area contributed by atoms with Gasteiger partial charge in [-0.15, -0.1) is 0 Å². The number of likely N-dealkylation sites (tertiary alicyclic amines) is 1. The molecule has 1 aliphatic rings. The van der Waals surface area contributed by atoms with E-state index in [1.54, 1.807) is 4.90 Å². The van der Waals surface area contributed by atoms with Gasteiger partial charge in [-0.3, -0.25) is 9.59 Å². The maximum Gasteiger partial charge on any atom is 0.274 e. The number of H-pyrrole nitrogens is 1. The Morgan fingerprint density at radius 3 is 2.93 bits per heavy atom. The van der Waals surface area contributed by atoms with Crippen molar-refractivity contribution in [3.63, 3.8) is 0 Å². The second-order valence-corrected chi connectivity index (χ2v) is 7.10. The van der Waals surface area contributed by atoms with Crippen molar-refractivity contribution in [2.24, 2.45) is 5.92 Å². The second kappa shape index (κ2) is 7.75. The number of nitrogens with zero attached hydrogens (tertiary/aromatic N) is 4. The van der Waals surface area contributed by atoms with Crippen LogP contribution >= 0.6 is 0 Å². The molecule has 1 N–H and O–H groups in total. The minimum absolute atomic E-state index is 0.174. The summed E-state index contributed by atoms with van der Waals surface area (Å²) in [6.45, 7) is 3.29. The van der Waals surface area contributed by atoms with Crippen LogP contribution in [0.2, 0.25) is 0 Å². The van der Waals surface area contributed by atoms with E-state index in [1.807, 2.05) is 31.2 Å². The number of hydrogen-bond acceptors (Lipinski definition) is 6. The Bertz CT molecular complexity index is 1020. The number of aryl methyl sites for hydroxylation is 1. The SMILES string of the molecule is Cc1ccccc1-c1noc(CC2CCCN(C(=O)c3ccc(=O)[nH]n3)C2)n1. The largest absolute Gasteiger partial charge is 0.339 e. The van der Waals surface area contributed by atoms with Gasteiger partial charge in [0.15, 0.2) is 0 Å². The first-order valence-corrected chi connectivity index (χ1v) is 9.34. The van der Waals surface area contributed by atoms with Crippen molar-refractivity contribution in [2.45, 2.75) is 26.2 Å². The maximum atomic E-state index is 12.6. The molecule has 0 spiro atoms. The molecule has 1 aromatic carbocycles. The highest BCUT2D eigenvalue weighted by molar-refractivity contribution is 5.92. The van der Waals surface area contributed by atoms with Crippen LogP contribution in [0.1, 0.15) is 34.8 Å². The number of hydrogen-bond donors (Lipinski definition) is 1. The summed E-state index contributed by atoms with van der Waals surface area (Å²) in [7, 11) is 0. The Morgan fingerprint density at radius 1 is 1.29 bits per heavy atom. The molecule has 4 rings (SSSR count). The molecule has 0 bridgehead atoms. The Balaban J connectivity index is 1.43. The van der Waals surface area contributed by atoms with Crippen LogP contribution in [0.15, 0.2) is 45.7 Å². The van der Waals surface area contributed by atoms with Gasteiger partial charge in [0.1, 0.15) is 5.69 Å². The minimum atomic E-state index is -0.325. The molecule has 1 fully saturated rings. The average molecular weight is 379 g/mol. The maximum absolute atomic E-state index is 12.6. The Labute approximate surface area is 161 Å². The van der Waals surface area contributed by atoms with Gasteiger partial charge in [0.25, 0.3) is 11.5 Å². The number of aromatic amines is 1. The molecule has 1 aliphatic heterocycles. The van der Waals surface area contributed by atoms with E-state index in [1.165, 1.54) is 12.1 Å². The van der Waals surface area contributed by atoms with E-state index in [4.69, 9.17) is 4.52 Å². The number of rotatable bonds is 4. The molecule has 3 aromatic rings. The molecule has 8 nitrogen and oxygen atoms in total. The Kier molecular flexibility index (Phi) is 5.01. The normalized spacial score (nSPS) is 16.9. The molecule has 0 radical (unpaired) electrons. The van der Waals surface area contributed by atoms with E-state index in [2.05, 4.69) is 20.3 Å². The second-order valence-electron chi connectivity index (χ2n) is 7.10. The first kappa shape index (κ1) is 18.1. The van der Waals surface area contributed by atoms with Gasteiger partial charge in [0.05, 0.1) is 0 Å². The highest BCUT2D eigenvalue weighted by Crippen LogP contribution is 2.24. The van der Waals surface area contributed by atoms with Gasteiger partial charge in [-0.25, -0.2) is 5.10 Å². The minimum Gasteiger partial charge on any atom is -0.339 e. The third-order valence-electron chi connectivity index (χ3n) is 5.02. The molecule has 3 heterocycles. The molecule has 1 atom stereocenters. The van der Waals surface area contributed by atoms with Crippen LogP contribution in [-0.2, 0) is 6.42 Å². The van der Waals surface area contributed by atoms with Crippen LogP contribution in [-0.4, -0.2) is 44.2 Å². The highest BCUT2D eigenvalue weighted by Gasteiger charge is 2.27. The molecule has 0 saturated carbocycles. The van der Waals surface area contributed by atoms with Crippen molar-refractivity contribution >= 4 is 5.91 Å². The van der Waals surface area contributed by atoms with E-state index < -0.39 is 0 Å². The van der Waals surface area contributed by atoms with E-state index in [0.717, 1.165) is 24.0 Å². The lowest BCUT2D eigenvalue weighted by atomic mass is 9.94. The third kappa shape index (κ3) is 3.85. The third-order valence-corrected chi connectivity index (χ3v) is 5.02.